The second kappa shape index (κ2) is 8.97. The van der Waals surface area contributed by atoms with E-state index in [0.29, 0.717) is 6.54 Å². The molecule has 0 saturated carbocycles. The first kappa shape index (κ1) is 13.4. The van der Waals surface area contributed by atoms with Gasteiger partial charge >= 0.3 is 0 Å². The van der Waals surface area contributed by atoms with E-state index >= 15 is 0 Å². The third-order valence-electron chi connectivity index (χ3n) is 1.58. The molecule has 0 radical (unpaired) electrons. The number of ether oxygens (including phenoxy) is 1. The van der Waals surface area contributed by atoms with E-state index in [4.69, 9.17) is 4.74 Å². The summed E-state index contributed by atoms with van der Waals surface area (Å²) < 4.78 is 5.16. The van der Waals surface area contributed by atoms with Crippen LogP contribution < -0.4 is 10.6 Å². The third kappa shape index (κ3) is 9.48. The van der Waals surface area contributed by atoms with Gasteiger partial charge in [-0.2, -0.15) is 0 Å². The van der Waals surface area contributed by atoms with Crippen molar-refractivity contribution in [3.8, 4) is 0 Å². The van der Waals surface area contributed by atoms with Gasteiger partial charge in [0.15, 0.2) is 0 Å². The van der Waals surface area contributed by atoms with Crippen molar-refractivity contribution >= 4 is 5.91 Å². The molecule has 84 valence electrons. The number of carbonyl (C=O) groups is 1. The lowest BCUT2D eigenvalue weighted by Gasteiger charge is -2.08. The summed E-state index contributed by atoms with van der Waals surface area (Å²) in [6.45, 7) is 8.61. The van der Waals surface area contributed by atoms with Crippen LogP contribution in [0.25, 0.3) is 0 Å². The molecule has 0 aliphatic rings. The van der Waals surface area contributed by atoms with Gasteiger partial charge in [0.1, 0.15) is 0 Å². The molecule has 0 atom stereocenters. The first-order valence-electron chi connectivity index (χ1n) is 5.24. The Labute approximate surface area is 86.4 Å². The first-order chi connectivity index (χ1) is 6.66. The second-order valence-electron chi connectivity index (χ2n) is 3.45. The van der Waals surface area contributed by atoms with Gasteiger partial charge in [0.25, 0.3) is 0 Å². The smallest absolute Gasteiger partial charge is 0.234 e. The standard InChI is InChI=1S/C10H22N2O2/c1-4-14-7-5-6-11-8-10(13)12-9(2)3/h9,11H,4-8H2,1-3H3,(H,12,13). The Bertz CT molecular complexity index is 149. The van der Waals surface area contributed by atoms with Gasteiger partial charge in [-0.15, -0.1) is 0 Å². The van der Waals surface area contributed by atoms with Crippen molar-refractivity contribution in [1.82, 2.24) is 10.6 Å². The average molecular weight is 202 g/mol. The lowest BCUT2D eigenvalue weighted by atomic mass is 10.4. The Morgan fingerprint density at radius 3 is 2.71 bits per heavy atom. The summed E-state index contributed by atoms with van der Waals surface area (Å²) in [5.74, 6) is 0.0522. The molecule has 0 heterocycles. The van der Waals surface area contributed by atoms with Crippen LogP contribution in [-0.4, -0.2) is 38.3 Å². The fourth-order valence-corrected chi connectivity index (χ4v) is 1.02. The van der Waals surface area contributed by atoms with Gasteiger partial charge < -0.3 is 15.4 Å². The predicted molar refractivity (Wildman–Crippen MR) is 57.3 cm³/mol. The Kier molecular flexibility index (Phi) is 8.57. The summed E-state index contributed by atoms with van der Waals surface area (Å²) in [5.41, 5.74) is 0. The van der Waals surface area contributed by atoms with E-state index in [2.05, 4.69) is 10.6 Å². The predicted octanol–water partition coefficient (Wildman–Crippen LogP) is 0.527. The highest BCUT2D eigenvalue weighted by molar-refractivity contribution is 5.78. The number of nitrogens with one attached hydrogen (secondary N) is 2. The molecule has 0 fully saturated rings. The van der Waals surface area contributed by atoms with Crippen LogP contribution in [-0.2, 0) is 9.53 Å². The monoisotopic (exact) mass is 202 g/mol. The van der Waals surface area contributed by atoms with E-state index in [-0.39, 0.29) is 11.9 Å². The maximum Gasteiger partial charge on any atom is 0.234 e. The van der Waals surface area contributed by atoms with E-state index in [9.17, 15) is 4.79 Å². The fraction of sp³-hybridized carbons (Fsp3) is 0.900. The average Bonchev–Trinajstić information content (AvgIpc) is 2.10. The van der Waals surface area contributed by atoms with Crippen molar-refractivity contribution in [2.75, 3.05) is 26.3 Å². The molecule has 0 aromatic rings. The van der Waals surface area contributed by atoms with Gasteiger partial charge in [0.2, 0.25) is 5.91 Å². The lowest BCUT2D eigenvalue weighted by molar-refractivity contribution is -0.120. The number of rotatable bonds is 8. The minimum absolute atomic E-state index is 0.0522. The molecular weight excluding hydrogens is 180 g/mol. The molecule has 0 unspecified atom stereocenters. The zero-order chi connectivity index (χ0) is 10.8. The van der Waals surface area contributed by atoms with Crippen LogP contribution in [0, 0.1) is 0 Å². The van der Waals surface area contributed by atoms with E-state index in [1.54, 1.807) is 0 Å². The van der Waals surface area contributed by atoms with Crippen molar-refractivity contribution < 1.29 is 9.53 Å². The van der Waals surface area contributed by atoms with E-state index in [0.717, 1.165) is 26.2 Å². The first-order valence-corrected chi connectivity index (χ1v) is 5.24. The molecule has 4 nitrogen and oxygen atoms in total. The second-order valence-corrected chi connectivity index (χ2v) is 3.45. The number of hydrogen-bond acceptors (Lipinski definition) is 3. The Morgan fingerprint density at radius 1 is 1.43 bits per heavy atom. The molecule has 0 aromatic heterocycles. The van der Waals surface area contributed by atoms with E-state index < -0.39 is 0 Å². The van der Waals surface area contributed by atoms with Crippen LogP contribution in [0.1, 0.15) is 27.2 Å². The van der Waals surface area contributed by atoms with Gasteiger partial charge in [-0.3, -0.25) is 4.79 Å². The van der Waals surface area contributed by atoms with Crippen LogP contribution in [0.5, 0.6) is 0 Å². The molecule has 0 rings (SSSR count). The zero-order valence-corrected chi connectivity index (χ0v) is 9.43. The maximum atomic E-state index is 11.1. The van der Waals surface area contributed by atoms with Crippen LogP contribution >= 0.6 is 0 Å². The molecule has 0 aromatic carbocycles. The highest BCUT2D eigenvalue weighted by Gasteiger charge is 2.00. The summed E-state index contributed by atoms with van der Waals surface area (Å²) in [5, 5.41) is 5.87. The number of hydrogen-bond donors (Lipinski definition) is 2. The number of carbonyl (C=O) groups excluding carboxylic acids is 1. The van der Waals surface area contributed by atoms with Gasteiger partial charge in [0, 0.05) is 19.3 Å². The van der Waals surface area contributed by atoms with Crippen molar-refractivity contribution in [2.24, 2.45) is 0 Å². The maximum absolute atomic E-state index is 11.1. The summed E-state index contributed by atoms with van der Waals surface area (Å²) in [7, 11) is 0. The van der Waals surface area contributed by atoms with Gasteiger partial charge in [-0.05, 0) is 33.7 Å². The van der Waals surface area contributed by atoms with Crippen molar-refractivity contribution in [1.29, 1.82) is 0 Å². The highest BCUT2D eigenvalue weighted by Crippen LogP contribution is 1.80. The summed E-state index contributed by atoms with van der Waals surface area (Å²) in [6.07, 6.45) is 0.947. The molecule has 0 aliphatic heterocycles. The summed E-state index contributed by atoms with van der Waals surface area (Å²) >= 11 is 0. The van der Waals surface area contributed by atoms with Crippen LogP contribution in [0.15, 0.2) is 0 Å². The van der Waals surface area contributed by atoms with E-state index in [1.807, 2.05) is 20.8 Å². The lowest BCUT2D eigenvalue weighted by Crippen LogP contribution is -2.38. The SMILES string of the molecule is CCOCCCNCC(=O)NC(C)C. The minimum atomic E-state index is 0.0522. The quantitative estimate of drug-likeness (QED) is 0.564. The summed E-state index contributed by atoms with van der Waals surface area (Å²) in [6, 6.07) is 0.215. The molecule has 2 N–H and O–H groups in total. The van der Waals surface area contributed by atoms with Crippen molar-refractivity contribution in [3.05, 3.63) is 0 Å². The van der Waals surface area contributed by atoms with Crippen LogP contribution in [0.4, 0.5) is 0 Å². The normalized spacial score (nSPS) is 10.6. The molecule has 0 spiro atoms. The summed E-state index contributed by atoms with van der Waals surface area (Å²) in [4.78, 5) is 11.1. The Hall–Kier alpha value is -0.610. The van der Waals surface area contributed by atoms with Crippen LogP contribution in [0.3, 0.4) is 0 Å². The fourth-order valence-electron chi connectivity index (χ4n) is 1.02. The molecule has 0 saturated heterocycles. The third-order valence-corrected chi connectivity index (χ3v) is 1.58. The molecule has 14 heavy (non-hydrogen) atoms. The molecule has 1 amide bonds. The Morgan fingerprint density at radius 2 is 2.14 bits per heavy atom. The number of amides is 1. The van der Waals surface area contributed by atoms with Gasteiger partial charge in [-0.1, -0.05) is 0 Å². The topological polar surface area (TPSA) is 50.4 Å². The molecule has 0 bridgehead atoms. The molecular formula is C10H22N2O2. The van der Waals surface area contributed by atoms with Crippen molar-refractivity contribution in [3.63, 3.8) is 0 Å². The Balaban J connectivity index is 3.15. The van der Waals surface area contributed by atoms with Crippen molar-refractivity contribution in [2.45, 2.75) is 33.2 Å². The van der Waals surface area contributed by atoms with Gasteiger partial charge in [0.05, 0.1) is 6.54 Å². The van der Waals surface area contributed by atoms with Crippen LogP contribution in [0.2, 0.25) is 0 Å². The van der Waals surface area contributed by atoms with Gasteiger partial charge in [-0.25, -0.2) is 0 Å². The minimum Gasteiger partial charge on any atom is -0.382 e. The highest BCUT2D eigenvalue weighted by atomic mass is 16.5. The largest absolute Gasteiger partial charge is 0.382 e. The molecule has 0 aliphatic carbocycles. The zero-order valence-electron chi connectivity index (χ0n) is 9.43. The molecule has 4 heteroatoms. The van der Waals surface area contributed by atoms with E-state index in [1.165, 1.54) is 0 Å².